The molecule has 0 spiro atoms. The fraction of sp³-hybridized carbons (Fsp3) is 0.600. The van der Waals surface area contributed by atoms with Crippen molar-refractivity contribution in [2.45, 2.75) is 25.6 Å². The van der Waals surface area contributed by atoms with E-state index in [-0.39, 0.29) is 5.56 Å². The van der Waals surface area contributed by atoms with Gasteiger partial charge in [0.25, 0.3) is 0 Å². The van der Waals surface area contributed by atoms with Gasteiger partial charge in [0.2, 0.25) is 0 Å². The van der Waals surface area contributed by atoms with Crippen LogP contribution in [0.5, 0.6) is 5.75 Å². The maximum Gasteiger partial charge on any atom is 0.132 e. The number of benzene rings is 1. The van der Waals surface area contributed by atoms with Gasteiger partial charge in [-0.25, -0.2) is 4.39 Å². The maximum atomic E-state index is 14.0. The minimum Gasteiger partial charge on any atom is -0.497 e. The third-order valence-electron chi connectivity index (χ3n) is 3.60. The van der Waals surface area contributed by atoms with Crippen LogP contribution in [0.1, 0.15) is 25.0 Å². The summed E-state index contributed by atoms with van der Waals surface area (Å²) in [5.74, 6) is -0.0244. The summed E-state index contributed by atoms with van der Waals surface area (Å²) in [6.07, 6.45) is -0.293. The number of nitrogens with zero attached hydrogens (tertiary/aromatic N) is 1. The predicted molar refractivity (Wildman–Crippen MR) is 74.4 cm³/mol. The van der Waals surface area contributed by atoms with Crippen LogP contribution in [0.3, 0.4) is 0 Å². The first-order chi connectivity index (χ1) is 9.65. The zero-order chi connectivity index (χ0) is 14.5. The molecule has 1 fully saturated rings. The van der Waals surface area contributed by atoms with Crippen LogP contribution >= 0.6 is 0 Å². The molecule has 2 unspecified atom stereocenters. The van der Waals surface area contributed by atoms with Gasteiger partial charge in [-0.1, -0.05) is 6.92 Å². The highest BCUT2D eigenvalue weighted by molar-refractivity contribution is 5.30. The SMILES string of the molecule is CCCN1CCOC(C(O)c2ccc(OC)cc2F)C1. The largest absolute Gasteiger partial charge is 0.497 e. The third-order valence-corrected chi connectivity index (χ3v) is 3.60. The standard InChI is InChI=1S/C15H22FNO3/c1-3-6-17-7-8-20-14(10-17)15(18)12-5-4-11(19-2)9-13(12)16/h4-5,9,14-15,18H,3,6-8,10H2,1-2H3. The van der Waals surface area contributed by atoms with E-state index in [9.17, 15) is 9.50 Å². The maximum absolute atomic E-state index is 14.0. The smallest absolute Gasteiger partial charge is 0.132 e. The number of aliphatic hydroxyl groups excluding tert-OH is 1. The monoisotopic (exact) mass is 283 g/mol. The zero-order valence-electron chi connectivity index (χ0n) is 12.0. The van der Waals surface area contributed by atoms with Crippen molar-refractivity contribution >= 4 is 0 Å². The van der Waals surface area contributed by atoms with Gasteiger partial charge in [-0.05, 0) is 25.1 Å². The second-order valence-electron chi connectivity index (χ2n) is 5.04. The van der Waals surface area contributed by atoms with E-state index < -0.39 is 18.0 Å². The molecule has 1 aromatic rings. The lowest BCUT2D eigenvalue weighted by atomic mass is 10.0. The van der Waals surface area contributed by atoms with Crippen molar-refractivity contribution in [3.8, 4) is 5.75 Å². The first-order valence-electron chi connectivity index (χ1n) is 7.01. The molecule has 0 saturated carbocycles. The van der Waals surface area contributed by atoms with E-state index >= 15 is 0 Å². The predicted octanol–water partition coefficient (Wildman–Crippen LogP) is 1.98. The van der Waals surface area contributed by atoms with Crippen LogP contribution in [0.4, 0.5) is 4.39 Å². The number of aliphatic hydroxyl groups is 1. The summed E-state index contributed by atoms with van der Waals surface area (Å²) in [6.45, 7) is 5.14. The van der Waals surface area contributed by atoms with Crippen molar-refractivity contribution in [3.63, 3.8) is 0 Å². The van der Waals surface area contributed by atoms with Gasteiger partial charge in [-0.3, -0.25) is 4.90 Å². The molecular weight excluding hydrogens is 261 g/mol. The average molecular weight is 283 g/mol. The summed E-state index contributed by atoms with van der Waals surface area (Å²) in [5, 5.41) is 10.3. The zero-order valence-corrected chi connectivity index (χ0v) is 12.0. The van der Waals surface area contributed by atoms with Crippen LogP contribution < -0.4 is 4.74 Å². The molecule has 0 aromatic heterocycles. The molecule has 1 heterocycles. The van der Waals surface area contributed by atoms with E-state index in [4.69, 9.17) is 9.47 Å². The van der Waals surface area contributed by atoms with Crippen molar-refractivity contribution in [2.24, 2.45) is 0 Å². The van der Waals surface area contributed by atoms with Crippen LogP contribution in [0.15, 0.2) is 18.2 Å². The topological polar surface area (TPSA) is 41.9 Å². The van der Waals surface area contributed by atoms with Crippen molar-refractivity contribution in [3.05, 3.63) is 29.6 Å². The number of ether oxygens (including phenoxy) is 2. The average Bonchev–Trinajstić information content (AvgIpc) is 2.47. The van der Waals surface area contributed by atoms with Crippen LogP contribution in [0, 0.1) is 5.82 Å². The first kappa shape index (κ1) is 15.2. The lowest BCUT2D eigenvalue weighted by Gasteiger charge is -2.35. The summed E-state index contributed by atoms with van der Waals surface area (Å²) < 4.78 is 24.5. The molecule has 0 bridgehead atoms. The van der Waals surface area contributed by atoms with Gasteiger partial charge in [-0.2, -0.15) is 0 Å². The Labute approximate surface area is 119 Å². The second kappa shape index (κ2) is 7.02. The molecule has 20 heavy (non-hydrogen) atoms. The van der Waals surface area contributed by atoms with E-state index in [0.29, 0.717) is 18.9 Å². The van der Waals surface area contributed by atoms with Crippen molar-refractivity contribution in [2.75, 3.05) is 33.4 Å². The Balaban J connectivity index is 2.08. The quantitative estimate of drug-likeness (QED) is 0.897. The van der Waals surface area contributed by atoms with Gasteiger partial charge in [0, 0.05) is 24.7 Å². The van der Waals surface area contributed by atoms with Crippen LogP contribution in [-0.4, -0.2) is 49.5 Å². The molecule has 1 aliphatic heterocycles. The fourth-order valence-electron chi connectivity index (χ4n) is 2.52. The molecule has 1 aliphatic rings. The highest BCUT2D eigenvalue weighted by Gasteiger charge is 2.29. The van der Waals surface area contributed by atoms with Crippen molar-refractivity contribution in [1.82, 2.24) is 4.90 Å². The van der Waals surface area contributed by atoms with Gasteiger partial charge < -0.3 is 14.6 Å². The van der Waals surface area contributed by atoms with Gasteiger partial charge in [0.15, 0.2) is 0 Å². The van der Waals surface area contributed by atoms with Gasteiger partial charge in [0.1, 0.15) is 23.8 Å². The molecule has 0 amide bonds. The molecule has 0 radical (unpaired) electrons. The van der Waals surface area contributed by atoms with E-state index in [1.165, 1.54) is 13.2 Å². The minimum absolute atomic E-state index is 0.258. The molecular formula is C15H22FNO3. The van der Waals surface area contributed by atoms with Crippen LogP contribution in [0.25, 0.3) is 0 Å². The Hall–Kier alpha value is -1.17. The van der Waals surface area contributed by atoms with E-state index in [0.717, 1.165) is 19.5 Å². The number of morpholine rings is 1. The summed E-state index contributed by atoms with van der Waals surface area (Å²) >= 11 is 0. The summed E-state index contributed by atoms with van der Waals surface area (Å²) in [6, 6.07) is 4.49. The lowest BCUT2D eigenvalue weighted by molar-refractivity contribution is -0.0907. The number of rotatable bonds is 5. The first-order valence-corrected chi connectivity index (χ1v) is 7.01. The third kappa shape index (κ3) is 3.48. The molecule has 112 valence electrons. The Morgan fingerprint density at radius 2 is 2.35 bits per heavy atom. The summed E-state index contributed by atoms with van der Waals surface area (Å²) in [7, 11) is 1.48. The molecule has 1 N–H and O–H groups in total. The number of hydrogen-bond donors (Lipinski definition) is 1. The minimum atomic E-state index is -0.958. The Morgan fingerprint density at radius 1 is 1.55 bits per heavy atom. The molecule has 1 saturated heterocycles. The molecule has 1 aromatic carbocycles. The van der Waals surface area contributed by atoms with E-state index in [1.54, 1.807) is 12.1 Å². The molecule has 0 aliphatic carbocycles. The molecule has 4 nitrogen and oxygen atoms in total. The highest BCUT2D eigenvalue weighted by Crippen LogP contribution is 2.27. The van der Waals surface area contributed by atoms with Gasteiger partial charge >= 0.3 is 0 Å². The molecule has 2 atom stereocenters. The van der Waals surface area contributed by atoms with E-state index in [1.807, 2.05) is 0 Å². The van der Waals surface area contributed by atoms with Gasteiger partial charge in [-0.15, -0.1) is 0 Å². The number of halogens is 1. The van der Waals surface area contributed by atoms with Gasteiger partial charge in [0.05, 0.1) is 13.7 Å². The number of hydrogen-bond acceptors (Lipinski definition) is 4. The second-order valence-corrected chi connectivity index (χ2v) is 5.04. The Morgan fingerprint density at radius 3 is 3.00 bits per heavy atom. The van der Waals surface area contributed by atoms with Crippen LogP contribution in [0.2, 0.25) is 0 Å². The lowest BCUT2D eigenvalue weighted by Crippen LogP contribution is -2.45. The Kier molecular flexibility index (Phi) is 5.34. The molecule has 2 rings (SSSR count). The normalized spacial score (nSPS) is 21.7. The number of methoxy groups -OCH3 is 1. The van der Waals surface area contributed by atoms with Crippen LogP contribution in [-0.2, 0) is 4.74 Å². The van der Waals surface area contributed by atoms with Crippen molar-refractivity contribution < 1.29 is 19.0 Å². The highest BCUT2D eigenvalue weighted by atomic mass is 19.1. The molecule has 5 heteroatoms. The Bertz CT molecular complexity index is 439. The fourth-order valence-corrected chi connectivity index (χ4v) is 2.52. The van der Waals surface area contributed by atoms with E-state index in [2.05, 4.69) is 11.8 Å². The van der Waals surface area contributed by atoms with Crippen molar-refractivity contribution in [1.29, 1.82) is 0 Å². The summed E-state index contributed by atoms with van der Waals surface area (Å²) in [5.41, 5.74) is 0.258. The summed E-state index contributed by atoms with van der Waals surface area (Å²) in [4.78, 5) is 2.23.